The van der Waals surface area contributed by atoms with Crippen molar-refractivity contribution < 1.29 is 18.0 Å². The van der Waals surface area contributed by atoms with Crippen LogP contribution in [-0.4, -0.2) is 11.5 Å². The SMILES string of the molecule is FC(F)(F)C1(c2cc(Cl)cc(Cl)c2)CC(Br)(c2ccccc2CCBr)NO1. The molecular formula is C18H14Br2Cl2F3NO. The van der Waals surface area contributed by atoms with E-state index < -0.39 is 22.6 Å². The van der Waals surface area contributed by atoms with Gasteiger partial charge in [-0.3, -0.25) is 4.84 Å². The Hall–Kier alpha value is -0.310. The molecule has 1 saturated heterocycles. The molecule has 146 valence electrons. The number of nitrogens with one attached hydrogen (secondary N) is 1. The monoisotopic (exact) mass is 545 g/mol. The molecule has 0 amide bonds. The molecule has 1 N–H and O–H groups in total. The lowest BCUT2D eigenvalue weighted by molar-refractivity contribution is -0.282. The summed E-state index contributed by atoms with van der Waals surface area (Å²) in [6.07, 6.45) is -4.47. The summed E-state index contributed by atoms with van der Waals surface area (Å²) in [4.78, 5) is 5.25. The highest BCUT2D eigenvalue weighted by molar-refractivity contribution is 9.09. The van der Waals surface area contributed by atoms with Crippen LogP contribution >= 0.6 is 55.1 Å². The number of aryl methyl sites for hydroxylation is 1. The number of hydroxylamine groups is 1. The highest BCUT2D eigenvalue weighted by Crippen LogP contribution is 2.56. The molecule has 2 atom stereocenters. The molecule has 0 aliphatic carbocycles. The van der Waals surface area contributed by atoms with E-state index in [0.717, 1.165) is 5.56 Å². The Labute approximate surface area is 181 Å². The molecule has 2 aromatic rings. The normalized spacial score (nSPS) is 25.7. The van der Waals surface area contributed by atoms with Crippen molar-refractivity contribution in [2.75, 3.05) is 5.33 Å². The topological polar surface area (TPSA) is 21.3 Å². The van der Waals surface area contributed by atoms with Crippen molar-refractivity contribution in [3.8, 4) is 0 Å². The molecule has 0 bridgehead atoms. The first-order valence-electron chi connectivity index (χ1n) is 7.93. The van der Waals surface area contributed by atoms with Gasteiger partial charge in [-0.25, -0.2) is 0 Å². The Morgan fingerprint density at radius 2 is 1.74 bits per heavy atom. The third kappa shape index (κ3) is 4.05. The van der Waals surface area contributed by atoms with Crippen LogP contribution < -0.4 is 5.48 Å². The average Bonchev–Trinajstić information content (AvgIpc) is 2.95. The van der Waals surface area contributed by atoms with Crippen LogP contribution in [-0.2, 0) is 21.3 Å². The van der Waals surface area contributed by atoms with Gasteiger partial charge in [0.05, 0.1) is 0 Å². The summed E-state index contributed by atoms with van der Waals surface area (Å²) in [6.45, 7) is 0. The van der Waals surface area contributed by atoms with Crippen LogP contribution in [0.2, 0.25) is 10.0 Å². The molecule has 0 spiro atoms. The van der Waals surface area contributed by atoms with Crippen LogP contribution in [0.1, 0.15) is 23.1 Å². The number of benzene rings is 2. The fraction of sp³-hybridized carbons (Fsp3) is 0.333. The summed E-state index contributed by atoms with van der Waals surface area (Å²) in [7, 11) is 0. The Balaban J connectivity index is 2.10. The van der Waals surface area contributed by atoms with Crippen LogP contribution in [0.3, 0.4) is 0 Å². The fourth-order valence-corrected chi connectivity index (χ4v) is 5.05. The van der Waals surface area contributed by atoms with Gasteiger partial charge < -0.3 is 0 Å². The van der Waals surface area contributed by atoms with Gasteiger partial charge in [0.15, 0.2) is 0 Å². The molecule has 2 aromatic carbocycles. The summed E-state index contributed by atoms with van der Waals surface area (Å²) in [5.74, 6) is 0. The van der Waals surface area contributed by atoms with Crippen molar-refractivity contribution in [1.29, 1.82) is 0 Å². The minimum Gasteiger partial charge on any atom is -0.279 e. The standard InChI is InChI=1S/C18H14Br2Cl2F3NO/c19-6-5-11-3-1-2-4-15(11)17(20)10-16(27-26-17,18(23,24)25)12-7-13(21)9-14(22)8-12/h1-4,7-9,26H,5-6,10H2. The number of rotatable bonds is 4. The molecular weight excluding hydrogens is 534 g/mol. The van der Waals surface area contributed by atoms with Gasteiger partial charge in [-0.2, -0.15) is 18.7 Å². The number of hydrogen-bond donors (Lipinski definition) is 1. The van der Waals surface area contributed by atoms with E-state index in [1.54, 1.807) is 12.1 Å². The van der Waals surface area contributed by atoms with E-state index in [0.29, 0.717) is 17.3 Å². The maximum Gasteiger partial charge on any atom is 0.423 e. The van der Waals surface area contributed by atoms with E-state index in [1.165, 1.54) is 18.2 Å². The molecule has 1 aliphatic rings. The van der Waals surface area contributed by atoms with Crippen LogP contribution in [0.4, 0.5) is 13.2 Å². The molecule has 0 saturated carbocycles. The predicted molar refractivity (Wildman–Crippen MR) is 108 cm³/mol. The molecule has 2 nitrogen and oxygen atoms in total. The third-order valence-corrected chi connectivity index (χ3v) is 6.18. The lowest BCUT2D eigenvalue weighted by Gasteiger charge is -2.31. The van der Waals surface area contributed by atoms with Crippen LogP contribution in [0.25, 0.3) is 0 Å². The van der Waals surface area contributed by atoms with E-state index in [4.69, 9.17) is 28.0 Å². The second-order valence-electron chi connectivity index (χ2n) is 6.26. The van der Waals surface area contributed by atoms with Crippen LogP contribution in [0.15, 0.2) is 42.5 Å². The second kappa shape index (κ2) is 7.84. The van der Waals surface area contributed by atoms with Gasteiger partial charge in [-0.15, -0.1) is 0 Å². The van der Waals surface area contributed by atoms with Crippen molar-refractivity contribution in [3.63, 3.8) is 0 Å². The highest BCUT2D eigenvalue weighted by atomic mass is 79.9. The molecule has 3 rings (SSSR count). The van der Waals surface area contributed by atoms with Gasteiger partial charge in [0, 0.05) is 21.8 Å². The van der Waals surface area contributed by atoms with Crippen molar-refractivity contribution >= 4 is 55.1 Å². The Kier molecular flexibility index (Phi) is 6.21. The Bertz CT molecular complexity index is 831. The molecule has 1 aliphatic heterocycles. The number of alkyl halides is 5. The molecule has 1 heterocycles. The maximum atomic E-state index is 14.2. The quantitative estimate of drug-likeness (QED) is 0.333. The summed E-state index contributed by atoms with van der Waals surface area (Å²) >= 11 is 18.7. The zero-order valence-electron chi connectivity index (χ0n) is 13.7. The van der Waals surface area contributed by atoms with Gasteiger partial charge in [-0.05, 0) is 41.3 Å². The van der Waals surface area contributed by atoms with E-state index in [1.807, 2.05) is 12.1 Å². The lowest BCUT2D eigenvalue weighted by atomic mass is 9.84. The van der Waals surface area contributed by atoms with E-state index >= 15 is 0 Å². The Morgan fingerprint density at radius 3 is 2.33 bits per heavy atom. The summed E-state index contributed by atoms with van der Waals surface area (Å²) < 4.78 is 41.4. The molecule has 27 heavy (non-hydrogen) atoms. The number of hydrogen-bond acceptors (Lipinski definition) is 2. The largest absolute Gasteiger partial charge is 0.423 e. The number of halogens is 7. The van der Waals surface area contributed by atoms with Gasteiger partial charge in [-0.1, -0.05) is 79.3 Å². The third-order valence-electron chi connectivity index (χ3n) is 4.47. The van der Waals surface area contributed by atoms with Gasteiger partial charge in [0.25, 0.3) is 0 Å². The maximum absolute atomic E-state index is 14.2. The summed E-state index contributed by atoms with van der Waals surface area (Å²) in [6, 6.07) is 11.1. The van der Waals surface area contributed by atoms with Gasteiger partial charge in [0.2, 0.25) is 5.60 Å². The summed E-state index contributed by atoms with van der Waals surface area (Å²) in [5.41, 5.74) is 1.41. The molecule has 0 radical (unpaired) electrons. The van der Waals surface area contributed by atoms with Crippen molar-refractivity contribution in [2.45, 2.75) is 29.1 Å². The minimum absolute atomic E-state index is 0.108. The summed E-state index contributed by atoms with van der Waals surface area (Å²) in [5, 5.41) is 0.899. The first kappa shape index (κ1) is 21.4. The van der Waals surface area contributed by atoms with E-state index in [2.05, 4.69) is 37.3 Å². The first-order valence-corrected chi connectivity index (χ1v) is 10.6. The van der Waals surface area contributed by atoms with E-state index in [9.17, 15) is 13.2 Å². The minimum atomic E-state index is -4.70. The fourth-order valence-electron chi connectivity index (χ4n) is 3.23. The highest BCUT2D eigenvalue weighted by Gasteiger charge is 2.65. The Morgan fingerprint density at radius 1 is 1.11 bits per heavy atom. The average molecular weight is 548 g/mol. The molecule has 9 heteroatoms. The smallest absolute Gasteiger partial charge is 0.279 e. The van der Waals surface area contributed by atoms with Crippen molar-refractivity contribution in [3.05, 3.63) is 69.2 Å². The van der Waals surface area contributed by atoms with Crippen LogP contribution in [0, 0.1) is 0 Å². The lowest BCUT2D eigenvalue weighted by Crippen LogP contribution is -2.43. The van der Waals surface area contributed by atoms with Gasteiger partial charge >= 0.3 is 6.18 Å². The second-order valence-corrected chi connectivity index (χ2v) is 9.28. The van der Waals surface area contributed by atoms with Crippen molar-refractivity contribution in [1.82, 2.24) is 5.48 Å². The molecule has 0 aromatic heterocycles. The zero-order chi connectivity index (χ0) is 19.9. The zero-order valence-corrected chi connectivity index (χ0v) is 18.4. The van der Waals surface area contributed by atoms with Crippen LogP contribution in [0.5, 0.6) is 0 Å². The van der Waals surface area contributed by atoms with Gasteiger partial charge in [0.1, 0.15) is 4.45 Å². The molecule has 2 unspecified atom stereocenters. The molecule has 1 fully saturated rings. The van der Waals surface area contributed by atoms with Crippen molar-refractivity contribution in [2.24, 2.45) is 0 Å². The first-order chi connectivity index (χ1) is 12.6. The van der Waals surface area contributed by atoms with E-state index in [-0.39, 0.29) is 15.6 Å². The predicted octanol–water partition coefficient (Wildman–Crippen LogP) is 6.86.